The molecule has 1 fully saturated rings. The van der Waals surface area contributed by atoms with E-state index < -0.39 is 49.5 Å². The number of hydrogen-bond donors (Lipinski definition) is 6. The van der Waals surface area contributed by atoms with Crippen molar-refractivity contribution < 1.29 is 39.8 Å². The van der Waals surface area contributed by atoms with E-state index in [2.05, 4.69) is 12.2 Å². The molecule has 1 heterocycles. The fourth-order valence-corrected chi connectivity index (χ4v) is 6.43. The van der Waals surface area contributed by atoms with Gasteiger partial charge in [0.1, 0.15) is 24.4 Å². The topological polar surface area (TPSA) is 149 Å². The van der Waals surface area contributed by atoms with Crippen molar-refractivity contribution in [2.75, 3.05) is 13.2 Å². The summed E-state index contributed by atoms with van der Waals surface area (Å²) in [5.41, 5.74) is 0. The molecule has 7 unspecified atom stereocenters. The highest BCUT2D eigenvalue weighted by Crippen LogP contribution is 2.23. The van der Waals surface area contributed by atoms with Gasteiger partial charge in [-0.1, -0.05) is 161 Å². The average Bonchev–Trinajstić information content (AvgIpc) is 3.04. The van der Waals surface area contributed by atoms with Gasteiger partial charge in [-0.2, -0.15) is 0 Å². The van der Waals surface area contributed by atoms with E-state index in [9.17, 15) is 30.3 Å². The molecule has 0 radical (unpaired) electrons. The molecular formula is C37H73NO8. The van der Waals surface area contributed by atoms with Crippen molar-refractivity contribution in [1.82, 2.24) is 5.32 Å². The van der Waals surface area contributed by atoms with Gasteiger partial charge in [0.05, 0.1) is 25.4 Å². The molecule has 0 aliphatic carbocycles. The third-order valence-electron chi connectivity index (χ3n) is 9.50. The fourth-order valence-electron chi connectivity index (χ4n) is 6.43. The van der Waals surface area contributed by atoms with E-state index >= 15 is 0 Å². The molecule has 1 saturated heterocycles. The Kier molecular flexibility index (Phi) is 27.4. The maximum Gasteiger partial charge on any atom is 0.217 e. The van der Waals surface area contributed by atoms with Gasteiger partial charge in [-0.05, 0) is 6.42 Å². The van der Waals surface area contributed by atoms with Gasteiger partial charge in [-0.3, -0.25) is 4.79 Å². The van der Waals surface area contributed by atoms with E-state index in [1.54, 1.807) is 0 Å². The van der Waals surface area contributed by atoms with E-state index in [-0.39, 0.29) is 12.5 Å². The largest absolute Gasteiger partial charge is 0.394 e. The Bertz CT molecular complexity index is 696. The molecule has 1 aliphatic rings. The van der Waals surface area contributed by atoms with Crippen molar-refractivity contribution in [3.05, 3.63) is 0 Å². The Morgan fingerprint density at radius 3 is 1.41 bits per heavy atom. The van der Waals surface area contributed by atoms with Gasteiger partial charge in [-0.25, -0.2) is 0 Å². The number of carbonyl (C=O) groups excluding carboxylic acids is 1. The zero-order valence-corrected chi connectivity index (χ0v) is 29.6. The zero-order valence-electron chi connectivity index (χ0n) is 29.6. The van der Waals surface area contributed by atoms with E-state index in [0.29, 0.717) is 6.42 Å². The number of carbonyl (C=O) groups is 1. The van der Waals surface area contributed by atoms with Gasteiger partial charge in [0.2, 0.25) is 5.91 Å². The van der Waals surface area contributed by atoms with Crippen molar-refractivity contribution >= 4 is 5.91 Å². The standard InChI is InChI=1S/C37H73NO8/c1-3-4-5-6-7-8-9-10-11-12-13-14-15-16-17-18-19-20-21-22-23-24-25-26-27-32(41)31(38-30(2)40)29-45-37-36(44)35(43)34(42)33(28-39)46-37/h31-37,39,41-44H,3-29H2,1-2H3,(H,38,40). The number of amides is 1. The van der Waals surface area contributed by atoms with E-state index in [1.165, 1.54) is 142 Å². The molecule has 7 atom stereocenters. The predicted molar refractivity (Wildman–Crippen MR) is 184 cm³/mol. The van der Waals surface area contributed by atoms with Gasteiger partial charge < -0.3 is 40.3 Å². The van der Waals surface area contributed by atoms with Crippen LogP contribution in [0.15, 0.2) is 0 Å². The summed E-state index contributed by atoms with van der Waals surface area (Å²) in [5, 5.41) is 52.8. The van der Waals surface area contributed by atoms with Gasteiger partial charge in [0, 0.05) is 6.92 Å². The molecule has 1 amide bonds. The Labute approximate surface area is 281 Å². The summed E-state index contributed by atoms with van der Waals surface area (Å²) in [7, 11) is 0. The fraction of sp³-hybridized carbons (Fsp3) is 0.973. The van der Waals surface area contributed by atoms with Crippen LogP contribution >= 0.6 is 0 Å². The Balaban J connectivity index is 1.96. The van der Waals surface area contributed by atoms with Crippen LogP contribution < -0.4 is 5.32 Å². The number of aliphatic hydroxyl groups is 5. The van der Waals surface area contributed by atoms with Crippen molar-refractivity contribution in [3.8, 4) is 0 Å². The third kappa shape index (κ3) is 21.2. The summed E-state index contributed by atoms with van der Waals surface area (Å²) >= 11 is 0. The quantitative estimate of drug-likeness (QED) is 0.0466. The summed E-state index contributed by atoms with van der Waals surface area (Å²) in [4.78, 5) is 11.7. The SMILES string of the molecule is CCCCCCCCCCCCCCCCCCCCCCCCCCC(O)C(COC1OC(CO)C(O)C(O)C1O)NC(C)=O. The third-order valence-corrected chi connectivity index (χ3v) is 9.50. The molecule has 0 spiro atoms. The summed E-state index contributed by atoms with van der Waals surface area (Å²) in [6, 6.07) is -0.714. The van der Waals surface area contributed by atoms with E-state index in [0.717, 1.165) is 19.3 Å². The van der Waals surface area contributed by atoms with Crippen molar-refractivity contribution in [2.45, 2.75) is 217 Å². The lowest BCUT2D eigenvalue weighted by Gasteiger charge is -2.40. The van der Waals surface area contributed by atoms with Crippen molar-refractivity contribution in [1.29, 1.82) is 0 Å². The van der Waals surface area contributed by atoms with Crippen LogP contribution in [0.4, 0.5) is 0 Å². The smallest absolute Gasteiger partial charge is 0.217 e. The van der Waals surface area contributed by atoms with Crippen LogP contribution in [0.25, 0.3) is 0 Å². The molecule has 9 heteroatoms. The van der Waals surface area contributed by atoms with Crippen LogP contribution in [0.1, 0.15) is 174 Å². The van der Waals surface area contributed by atoms with Crippen LogP contribution in [0.3, 0.4) is 0 Å². The molecule has 1 rings (SSSR count). The van der Waals surface area contributed by atoms with Gasteiger partial charge in [-0.15, -0.1) is 0 Å². The number of unbranched alkanes of at least 4 members (excludes halogenated alkanes) is 23. The molecule has 1 aliphatic heterocycles. The lowest BCUT2D eigenvalue weighted by molar-refractivity contribution is -0.302. The Hall–Kier alpha value is -0.810. The minimum absolute atomic E-state index is 0.150. The normalized spacial score (nSPS) is 23.0. The number of rotatable bonds is 31. The summed E-state index contributed by atoms with van der Waals surface area (Å²) in [6.07, 6.45) is 24.7. The molecule has 6 N–H and O–H groups in total. The number of nitrogens with one attached hydrogen (secondary N) is 1. The number of hydrogen-bond acceptors (Lipinski definition) is 8. The van der Waals surface area contributed by atoms with Gasteiger partial charge in [0.25, 0.3) is 0 Å². The maximum absolute atomic E-state index is 11.7. The molecule has 9 nitrogen and oxygen atoms in total. The summed E-state index contributed by atoms with van der Waals surface area (Å²) < 4.78 is 10.9. The average molecular weight is 660 g/mol. The van der Waals surface area contributed by atoms with E-state index in [4.69, 9.17) is 9.47 Å². The lowest BCUT2D eigenvalue weighted by atomic mass is 9.99. The van der Waals surface area contributed by atoms with Crippen LogP contribution in [0.5, 0.6) is 0 Å². The van der Waals surface area contributed by atoms with Gasteiger partial charge >= 0.3 is 0 Å². The first-order chi connectivity index (χ1) is 22.3. The minimum Gasteiger partial charge on any atom is -0.394 e. The predicted octanol–water partition coefficient (Wildman–Crippen LogP) is 6.44. The summed E-state index contributed by atoms with van der Waals surface area (Å²) in [5.74, 6) is -0.318. The van der Waals surface area contributed by atoms with Gasteiger partial charge in [0.15, 0.2) is 6.29 Å². The molecule has 0 aromatic heterocycles. The highest BCUT2D eigenvalue weighted by Gasteiger charge is 2.44. The van der Waals surface area contributed by atoms with Crippen LogP contribution in [-0.2, 0) is 14.3 Å². The first kappa shape index (κ1) is 43.2. The van der Waals surface area contributed by atoms with Crippen LogP contribution in [-0.4, -0.2) is 87.5 Å². The maximum atomic E-state index is 11.7. The van der Waals surface area contributed by atoms with Crippen molar-refractivity contribution in [2.24, 2.45) is 0 Å². The second kappa shape index (κ2) is 29.1. The lowest BCUT2D eigenvalue weighted by Crippen LogP contribution is -2.60. The molecule has 0 saturated carbocycles. The number of aliphatic hydroxyl groups excluding tert-OH is 5. The van der Waals surface area contributed by atoms with E-state index in [1.807, 2.05) is 0 Å². The molecule has 0 aromatic rings. The summed E-state index contributed by atoms with van der Waals surface area (Å²) in [6.45, 7) is 2.93. The molecule has 274 valence electrons. The zero-order chi connectivity index (χ0) is 33.8. The first-order valence-electron chi connectivity index (χ1n) is 19.2. The molecule has 0 aromatic carbocycles. The Morgan fingerprint density at radius 2 is 1.04 bits per heavy atom. The first-order valence-corrected chi connectivity index (χ1v) is 19.2. The Morgan fingerprint density at radius 1 is 0.652 bits per heavy atom. The van der Waals surface area contributed by atoms with Crippen molar-refractivity contribution in [3.63, 3.8) is 0 Å². The second-order valence-corrected chi connectivity index (χ2v) is 13.8. The molecule has 46 heavy (non-hydrogen) atoms. The number of ether oxygens (including phenoxy) is 2. The molecular weight excluding hydrogens is 586 g/mol. The monoisotopic (exact) mass is 660 g/mol. The highest BCUT2D eigenvalue weighted by molar-refractivity contribution is 5.73. The van der Waals surface area contributed by atoms with Crippen LogP contribution in [0, 0.1) is 0 Å². The second-order valence-electron chi connectivity index (χ2n) is 13.8. The van der Waals surface area contributed by atoms with Crippen LogP contribution in [0.2, 0.25) is 0 Å². The highest BCUT2D eigenvalue weighted by atomic mass is 16.7. The molecule has 0 bridgehead atoms. The minimum atomic E-state index is -1.54.